The van der Waals surface area contributed by atoms with E-state index in [-0.39, 0.29) is 16.7 Å². The van der Waals surface area contributed by atoms with Crippen molar-refractivity contribution < 1.29 is 4.92 Å². The van der Waals surface area contributed by atoms with Gasteiger partial charge in [-0.15, -0.1) is 0 Å². The van der Waals surface area contributed by atoms with E-state index in [2.05, 4.69) is 22.5 Å². The van der Waals surface area contributed by atoms with Crippen molar-refractivity contribution in [1.82, 2.24) is 10.3 Å². The highest BCUT2D eigenvalue weighted by molar-refractivity contribution is 5.60. The number of hydrogen-bond donors (Lipinski definition) is 2. The van der Waals surface area contributed by atoms with E-state index in [0.29, 0.717) is 17.4 Å². The molecule has 2 atom stereocenters. The first-order valence-electron chi connectivity index (χ1n) is 6.19. The van der Waals surface area contributed by atoms with E-state index in [1.807, 2.05) is 0 Å². The highest BCUT2D eigenvalue weighted by Gasteiger charge is 2.25. The molecule has 1 aromatic heterocycles. The fourth-order valence-electron chi connectivity index (χ4n) is 2.30. The lowest BCUT2D eigenvalue weighted by Gasteiger charge is -2.30. The number of piperidine rings is 1. The minimum atomic E-state index is -0.369. The smallest absolute Gasteiger partial charge is 0.314 e. The summed E-state index contributed by atoms with van der Waals surface area (Å²) in [7, 11) is 0. The Morgan fingerprint density at radius 1 is 1.61 bits per heavy atom. The van der Waals surface area contributed by atoms with E-state index >= 15 is 0 Å². The van der Waals surface area contributed by atoms with E-state index < -0.39 is 0 Å². The summed E-state index contributed by atoms with van der Waals surface area (Å²) in [6.07, 6.45) is 3.67. The lowest BCUT2D eigenvalue weighted by molar-refractivity contribution is -0.384. The van der Waals surface area contributed by atoms with Crippen LogP contribution in [0.5, 0.6) is 0 Å². The van der Waals surface area contributed by atoms with Gasteiger partial charge in [0.1, 0.15) is 0 Å². The molecule has 0 spiro atoms. The van der Waals surface area contributed by atoms with Gasteiger partial charge >= 0.3 is 5.69 Å². The van der Waals surface area contributed by atoms with Gasteiger partial charge in [0.2, 0.25) is 5.82 Å². The second-order valence-electron chi connectivity index (χ2n) is 4.72. The van der Waals surface area contributed by atoms with Crippen LogP contribution in [0.15, 0.2) is 12.3 Å². The van der Waals surface area contributed by atoms with Crippen LogP contribution >= 0.6 is 0 Å². The van der Waals surface area contributed by atoms with Gasteiger partial charge in [-0.25, -0.2) is 4.98 Å². The highest BCUT2D eigenvalue weighted by atomic mass is 16.6. The highest BCUT2D eigenvalue weighted by Crippen LogP contribution is 2.27. The maximum Gasteiger partial charge on any atom is 0.314 e. The number of rotatable bonds is 3. The summed E-state index contributed by atoms with van der Waals surface area (Å²) in [4.78, 5) is 14.8. The monoisotopic (exact) mass is 250 g/mol. The van der Waals surface area contributed by atoms with Crippen LogP contribution in [-0.4, -0.2) is 28.5 Å². The van der Waals surface area contributed by atoms with E-state index in [1.165, 1.54) is 0 Å². The lowest BCUT2D eigenvalue weighted by atomic mass is 10.00. The molecule has 18 heavy (non-hydrogen) atoms. The topological polar surface area (TPSA) is 80.1 Å². The van der Waals surface area contributed by atoms with Crippen LogP contribution in [-0.2, 0) is 0 Å². The molecule has 0 saturated carbocycles. The second-order valence-corrected chi connectivity index (χ2v) is 4.72. The Morgan fingerprint density at radius 2 is 2.39 bits per heavy atom. The van der Waals surface area contributed by atoms with Gasteiger partial charge in [0.15, 0.2) is 0 Å². The molecule has 0 bridgehead atoms. The average molecular weight is 250 g/mol. The number of aromatic nitrogens is 1. The summed E-state index contributed by atoms with van der Waals surface area (Å²) >= 11 is 0. The molecule has 1 saturated heterocycles. The molecule has 2 N–H and O–H groups in total. The Hall–Kier alpha value is -1.69. The molecule has 6 nitrogen and oxygen atoms in total. The molecule has 0 aromatic carbocycles. The Balaban J connectivity index is 2.23. The third-order valence-corrected chi connectivity index (χ3v) is 3.39. The summed E-state index contributed by atoms with van der Waals surface area (Å²) < 4.78 is 0. The van der Waals surface area contributed by atoms with Crippen molar-refractivity contribution in [2.75, 3.05) is 11.9 Å². The molecular formula is C12H18N4O2. The second kappa shape index (κ2) is 5.30. The predicted octanol–water partition coefficient (Wildman–Crippen LogP) is 1.85. The van der Waals surface area contributed by atoms with Crippen molar-refractivity contribution in [2.45, 2.75) is 38.8 Å². The van der Waals surface area contributed by atoms with Gasteiger partial charge < -0.3 is 10.6 Å². The summed E-state index contributed by atoms with van der Waals surface area (Å²) in [5, 5.41) is 17.6. The molecule has 6 heteroatoms. The van der Waals surface area contributed by atoms with Gasteiger partial charge in [0.05, 0.1) is 4.92 Å². The van der Waals surface area contributed by atoms with Crippen molar-refractivity contribution in [1.29, 1.82) is 0 Å². The SMILES string of the molecule is Cc1ccnc(NC2CCCNC2C)c1[N+](=O)[O-]. The van der Waals surface area contributed by atoms with Gasteiger partial charge in [0.25, 0.3) is 0 Å². The normalized spacial score (nSPS) is 23.7. The first kappa shape index (κ1) is 12.8. The van der Waals surface area contributed by atoms with Crippen molar-refractivity contribution >= 4 is 11.5 Å². The standard InChI is InChI=1S/C12H18N4O2/c1-8-5-7-14-12(11(8)16(17)18)15-10-4-3-6-13-9(10)2/h5,7,9-10,13H,3-4,6H2,1-2H3,(H,14,15). The number of pyridine rings is 1. The Kier molecular flexibility index (Phi) is 3.76. The summed E-state index contributed by atoms with van der Waals surface area (Å²) in [6, 6.07) is 2.14. The van der Waals surface area contributed by atoms with Gasteiger partial charge in [-0.2, -0.15) is 0 Å². The summed E-state index contributed by atoms with van der Waals surface area (Å²) in [5.74, 6) is 0.376. The van der Waals surface area contributed by atoms with Crippen molar-refractivity contribution in [3.05, 3.63) is 27.9 Å². The average Bonchev–Trinajstić information content (AvgIpc) is 2.31. The number of aryl methyl sites for hydroxylation is 1. The molecule has 2 heterocycles. The van der Waals surface area contributed by atoms with E-state index in [9.17, 15) is 10.1 Å². The zero-order valence-corrected chi connectivity index (χ0v) is 10.6. The number of nitrogens with zero attached hydrogens (tertiary/aromatic N) is 2. The minimum absolute atomic E-state index is 0.0790. The summed E-state index contributed by atoms with van der Waals surface area (Å²) in [5.41, 5.74) is 0.712. The lowest BCUT2D eigenvalue weighted by Crippen LogP contribution is -2.46. The van der Waals surface area contributed by atoms with Crippen molar-refractivity contribution in [2.24, 2.45) is 0 Å². The molecular weight excluding hydrogens is 232 g/mol. The Morgan fingerprint density at radius 3 is 3.06 bits per heavy atom. The molecule has 0 radical (unpaired) electrons. The predicted molar refractivity (Wildman–Crippen MR) is 69.7 cm³/mol. The molecule has 2 unspecified atom stereocenters. The molecule has 1 fully saturated rings. The molecule has 1 aliphatic rings. The maximum atomic E-state index is 11.1. The van der Waals surface area contributed by atoms with Crippen LogP contribution in [0.2, 0.25) is 0 Å². The van der Waals surface area contributed by atoms with Crippen molar-refractivity contribution in [3.8, 4) is 0 Å². The van der Waals surface area contributed by atoms with Gasteiger partial charge in [-0.05, 0) is 39.3 Å². The van der Waals surface area contributed by atoms with E-state index in [4.69, 9.17) is 0 Å². The maximum absolute atomic E-state index is 11.1. The molecule has 1 aromatic rings. The van der Waals surface area contributed by atoms with Gasteiger partial charge in [-0.3, -0.25) is 10.1 Å². The number of hydrogen-bond acceptors (Lipinski definition) is 5. The van der Waals surface area contributed by atoms with Crippen molar-refractivity contribution in [3.63, 3.8) is 0 Å². The van der Waals surface area contributed by atoms with Crippen LogP contribution in [0.3, 0.4) is 0 Å². The van der Waals surface area contributed by atoms with E-state index in [1.54, 1.807) is 19.2 Å². The fraction of sp³-hybridized carbons (Fsp3) is 0.583. The van der Waals surface area contributed by atoms with Crippen LogP contribution in [0, 0.1) is 17.0 Å². The third kappa shape index (κ3) is 2.59. The summed E-state index contributed by atoms with van der Waals surface area (Å²) in [6.45, 7) is 4.81. The molecule has 2 rings (SSSR count). The van der Waals surface area contributed by atoms with Gasteiger partial charge in [-0.1, -0.05) is 0 Å². The largest absolute Gasteiger partial charge is 0.360 e. The molecule has 0 amide bonds. The van der Waals surface area contributed by atoms with Crippen LogP contribution in [0.4, 0.5) is 11.5 Å². The van der Waals surface area contributed by atoms with Crippen LogP contribution < -0.4 is 10.6 Å². The zero-order chi connectivity index (χ0) is 13.1. The Bertz CT molecular complexity index is 450. The third-order valence-electron chi connectivity index (χ3n) is 3.39. The van der Waals surface area contributed by atoms with Crippen LogP contribution in [0.25, 0.3) is 0 Å². The van der Waals surface area contributed by atoms with E-state index in [0.717, 1.165) is 19.4 Å². The quantitative estimate of drug-likeness (QED) is 0.632. The number of anilines is 1. The number of nitro groups is 1. The van der Waals surface area contributed by atoms with Crippen LogP contribution in [0.1, 0.15) is 25.3 Å². The zero-order valence-electron chi connectivity index (χ0n) is 10.6. The van der Waals surface area contributed by atoms with Gasteiger partial charge in [0, 0.05) is 23.8 Å². The minimum Gasteiger partial charge on any atom is -0.360 e. The number of nitrogens with one attached hydrogen (secondary N) is 2. The first-order chi connectivity index (χ1) is 8.59. The molecule has 1 aliphatic heterocycles. The first-order valence-corrected chi connectivity index (χ1v) is 6.19. The molecule has 0 aliphatic carbocycles. The Labute approximate surface area is 106 Å². The fourth-order valence-corrected chi connectivity index (χ4v) is 2.30. The molecule has 98 valence electrons.